The Balaban J connectivity index is 2.22. The zero-order valence-corrected chi connectivity index (χ0v) is 11.8. The van der Waals surface area contributed by atoms with Crippen LogP contribution in [0.3, 0.4) is 0 Å². The zero-order chi connectivity index (χ0) is 13.4. The van der Waals surface area contributed by atoms with E-state index >= 15 is 0 Å². The molecule has 19 heavy (non-hydrogen) atoms. The van der Waals surface area contributed by atoms with Gasteiger partial charge in [0, 0.05) is 0 Å². The summed E-state index contributed by atoms with van der Waals surface area (Å²) in [6.45, 7) is 2.03. The van der Waals surface area contributed by atoms with Crippen molar-refractivity contribution in [3.05, 3.63) is 46.3 Å². The van der Waals surface area contributed by atoms with Gasteiger partial charge >= 0.3 is 0 Å². The third-order valence-corrected chi connectivity index (χ3v) is 4.16. The number of aryl methyl sites for hydroxylation is 1. The van der Waals surface area contributed by atoms with Crippen LogP contribution >= 0.6 is 22.9 Å². The lowest BCUT2D eigenvalue weighted by atomic mass is 10.0. The number of anilines is 1. The van der Waals surface area contributed by atoms with Gasteiger partial charge in [-0.3, -0.25) is 0 Å². The highest BCUT2D eigenvalue weighted by Crippen LogP contribution is 2.41. The summed E-state index contributed by atoms with van der Waals surface area (Å²) < 4.78 is 6.09. The van der Waals surface area contributed by atoms with Gasteiger partial charge in [0.05, 0.1) is 14.8 Å². The van der Waals surface area contributed by atoms with Crippen LogP contribution in [0.1, 0.15) is 5.56 Å². The van der Waals surface area contributed by atoms with Crippen LogP contribution in [0.2, 0.25) is 4.34 Å². The normalized spacial score (nSPS) is 10.8. The molecule has 1 aromatic carbocycles. The maximum absolute atomic E-state index is 5.97. The molecule has 2 heterocycles. The molecule has 3 rings (SSSR count). The Morgan fingerprint density at radius 2 is 2.00 bits per heavy atom. The van der Waals surface area contributed by atoms with Crippen molar-refractivity contribution < 1.29 is 4.52 Å². The van der Waals surface area contributed by atoms with Gasteiger partial charge in [0.1, 0.15) is 0 Å². The minimum Gasteiger partial charge on any atom is -0.380 e. The SMILES string of the molecule is Cc1ccccc1-c1c(N)noc1-c1ccc(Cl)s1. The summed E-state index contributed by atoms with van der Waals surface area (Å²) in [4.78, 5) is 0.924. The van der Waals surface area contributed by atoms with Gasteiger partial charge in [0.25, 0.3) is 0 Å². The lowest BCUT2D eigenvalue weighted by Gasteiger charge is -2.04. The number of halogens is 1. The molecule has 0 radical (unpaired) electrons. The Labute approximate surface area is 119 Å². The van der Waals surface area contributed by atoms with Gasteiger partial charge in [-0.25, -0.2) is 0 Å². The maximum Gasteiger partial charge on any atom is 0.186 e. The molecule has 3 nitrogen and oxygen atoms in total. The van der Waals surface area contributed by atoms with Gasteiger partial charge in [-0.1, -0.05) is 41.0 Å². The van der Waals surface area contributed by atoms with E-state index in [1.807, 2.05) is 43.3 Å². The Morgan fingerprint density at radius 3 is 2.68 bits per heavy atom. The monoisotopic (exact) mass is 290 g/mol. The first-order chi connectivity index (χ1) is 9.16. The van der Waals surface area contributed by atoms with Gasteiger partial charge < -0.3 is 10.3 Å². The molecule has 0 spiro atoms. The average molecular weight is 291 g/mol. The number of nitrogens with zero attached hydrogens (tertiary/aromatic N) is 1. The molecule has 2 aromatic heterocycles. The van der Waals surface area contributed by atoms with E-state index in [1.54, 1.807) is 0 Å². The molecule has 0 aliphatic carbocycles. The molecule has 96 valence electrons. The fourth-order valence-electron chi connectivity index (χ4n) is 2.02. The van der Waals surface area contributed by atoms with Gasteiger partial charge in [0.2, 0.25) is 0 Å². The number of nitrogens with two attached hydrogens (primary N) is 1. The van der Waals surface area contributed by atoms with Crippen molar-refractivity contribution in [1.82, 2.24) is 5.16 Å². The first-order valence-electron chi connectivity index (χ1n) is 5.73. The van der Waals surface area contributed by atoms with Crippen LogP contribution in [0.4, 0.5) is 5.82 Å². The summed E-state index contributed by atoms with van der Waals surface area (Å²) in [5.74, 6) is 1.07. The summed E-state index contributed by atoms with van der Waals surface area (Å²) in [6, 6.07) is 11.8. The highest BCUT2D eigenvalue weighted by atomic mass is 35.5. The van der Waals surface area contributed by atoms with E-state index in [9.17, 15) is 0 Å². The topological polar surface area (TPSA) is 52.0 Å². The smallest absolute Gasteiger partial charge is 0.186 e. The second-order valence-electron chi connectivity index (χ2n) is 4.19. The molecule has 5 heteroatoms. The van der Waals surface area contributed by atoms with Crippen LogP contribution < -0.4 is 5.73 Å². The van der Waals surface area contributed by atoms with E-state index < -0.39 is 0 Å². The second-order valence-corrected chi connectivity index (χ2v) is 5.91. The zero-order valence-electron chi connectivity index (χ0n) is 10.2. The maximum atomic E-state index is 5.97. The molecule has 0 bridgehead atoms. The molecular weight excluding hydrogens is 280 g/mol. The Morgan fingerprint density at radius 1 is 1.21 bits per heavy atom. The summed E-state index contributed by atoms with van der Waals surface area (Å²) in [5, 5.41) is 3.89. The lowest BCUT2D eigenvalue weighted by Crippen LogP contribution is -1.90. The Kier molecular flexibility index (Phi) is 3.05. The number of hydrogen-bond acceptors (Lipinski definition) is 4. The molecule has 0 fully saturated rings. The fourth-order valence-corrected chi connectivity index (χ4v) is 3.05. The number of aromatic nitrogens is 1. The van der Waals surface area contributed by atoms with Crippen molar-refractivity contribution in [2.24, 2.45) is 0 Å². The first-order valence-corrected chi connectivity index (χ1v) is 6.93. The van der Waals surface area contributed by atoms with E-state index in [2.05, 4.69) is 5.16 Å². The van der Waals surface area contributed by atoms with E-state index in [4.69, 9.17) is 21.9 Å². The second kappa shape index (κ2) is 4.72. The summed E-state index contributed by atoms with van der Waals surface area (Å²) in [5.41, 5.74) is 8.94. The first kappa shape index (κ1) is 12.3. The number of nitrogen functional groups attached to an aromatic ring is 1. The van der Waals surface area contributed by atoms with Crippen molar-refractivity contribution >= 4 is 28.8 Å². The molecule has 0 aliphatic rings. The molecule has 0 amide bonds. The predicted molar refractivity (Wildman–Crippen MR) is 79.4 cm³/mol. The van der Waals surface area contributed by atoms with E-state index in [0.29, 0.717) is 15.9 Å². The van der Waals surface area contributed by atoms with Crippen molar-refractivity contribution in [2.75, 3.05) is 5.73 Å². The summed E-state index contributed by atoms with van der Waals surface area (Å²) in [6.07, 6.45) is 0. The minimum absolute atomic E-state index is 0.397. The molecular formula is C14H11ClN2OS. The van der Waals surface area contributed by atoms with Crippen molar-refractivity contribution in [1.29, 1.82) is 0 Å². The minimum atomic E-state index is 0.397. The van der Waals surface area contributed by atoms with Crippen LogP contribution in [0, 0.1) is 6.92 Å². The van der Waals surface area contributed by atoms with E-state index in [1.165, 1.54) is 11.3 Å². The van der Waals surface area contributed by atoms with Crippen LogP contribution in [-0.4, -0.2) is 5.16 Å². The lowest BCUT2D eigenvalue weighted by molar-refractivity contribution is 0.437. The van der Waals surface area contributed by atoms with Crippen LogP contribution in [0.25, 0.3) is 21.8 Å². The van der Waals surface area contributed by atoms with Crippen molar-refractivity contribution in [3.63, 3.8) is 0 Å². The van der Waals surface area contributed by atoms with E-state index in [-0.39, 0.29) is 0 Å². The molecule has 0 unspecified atom stereocenters. The third-order valence-electron chi connectivity index (χ3n) is 2.93. The number of rotatable bonds is 2. The summed E-state index contributed by atoms with van der Waals surface area (Å²) in [7, 11) is 0. The predicted octanol–water partition coefficient (Wildman–Crippen LogP) is 4.61. The third kappa shape index (κ3) is 2.13. The van der Waals surface area contributed by atoms with Gasteiger partial charge in [-0.15, -0.1) is 11.3 Å². The fraction of sp³-hybridized carbons (Fsp3) is 0.0714. The van der Waals surface area contributed by atoms with Crippen LogP contribution in [-0.2, 0) is 0 Å². The molecule has 3 aromatic rings. The van der Waals surface area contributed by atoms with Crippen molar-refractivity contribution in [3.8, 4) is 21.8 Å². The number of benzene rings is 1. The number of hydrogen-bond donors (Lipinski definition) is 1. The van der Waals surface area contributed by atoms with Crippen LogP contribution in [0.15, 0.2) is 40.9 Å². The quantitative estimate of drug-likeness (QED) is 0.749. The molecule has 0 atom stereocenters. The highest BCUT2D eigenvalue weighted by molar-refractivity contribution is 7.19. The van der Waals surface area contributed by atoms with Gasteiger partial charge in [-0.05, 0) is 30.2 Å². The molecule has 0 aliphatic heterocycles. The Hall–Kier alpha value is -1.78. The highest BCUT2D eigenvalue weighted by Gasteiger charge is 2.20. The molecule has 2 N–H and O–H groups in total. The van der Waals surface area contributed by atoms with Crippen LogP contribution in [0.5, 0.6) is 0 Å². The van der Waals surface area contributed by atoms with Crippen molar-refractivity contribution in [2.45, 2.75) is 6.92 Å². The molecule has 0 saturated heterocycles. The summed E-state index contributed by atoms with van der Waals surface area (Å²) >= 11 is 7.42. The standard InChI is InChI=1S/C14H11ClN2OS/c1-8-4-2-3-5-9(8)12-13(18-17-14(12)16)10-6-7-11(15)19-10/h2-7H,1H3,(H2,16,17). The van der Waals surface area contributed by atoms with E-state index in [0.717, 1.165) is 21.6 Å². The van der Waals surface area contributed by atoms with Gasteiger partial charge in [-0.2, -0.15) is 0 Å². The average Bonchev–Trinajstić information content (AvgIpc) is 2.96. The van der Waals surface area contributed by atoms with Gasteiger partial charge in [0.15, 0.2) is 11.6 Å². The largest absolute Gasteiger partial charge is 0.380 e. The Bertz CT molecular complexity index is 733. The number of thiophene rings is 1. The molecule has 0 saturated carbocycles.